The number of benzene rings is 1. The van der Waals surface area contributed by atoms with Gasteiger partial charge in [0.05, 0.1) is 0 Å². The predicted octanol–water partition coefficient (Wildman–Crippen LogP) is 3.04. The van der Waals surface area contributed by atoms with Crippen molar-refractivity contribution in [2.75, 3.05) is 13.1 Å². The van der Waals surface area contributed by atoms with E-state index >= 15 is 0 Å². The Labute approximate surface area is 92.9 Å². The van der Waals surface area contributed by atoms with Crippen LogP contribution >= 0.6 is 0 Å². The van der Waals surface area contributed by atoms with Crippen LogP contribution in [-0.4, -0.2) is 13.1 Å². The Bertz CT molecular complexity index is 293. The number of nitrogens with one attached hydrogen (secondary N) is 1. The molecule has 3 atom stereocenters. The largest absolute Gasteiger partial charge is 0.316 e. The Morgan fingerprint density at radius 2 is 2.00 bits per heavy atom. The average Bonchev–Trinajstić information content (AvgIpc) is 2.30. The molecule has 0 aliphatic carbocycles. The molecule has 2 rings (SSSR count). The number of piperidine rings is 1. The Morgan fingerprint density at radius 3 is 2.67 bits per heavy atom. The van der Waals surface area contributed by atoms with Gasteiger partial charge in [0.2, 0.25) is 0 Å². The van der Waals surface area contributed by atoms with E-state index in [-0.39, 0.29) is 0 Å². The van der Waals surface area contributed by atoms with E-state index in [1.165, 1.54) is 25.1 Å². The summed E-state index contributed by atoms with van der Waals surface area (Å²) >= 11 is 0. The van der Waals surface area contributed by atoms with Gasteiger partial charge in [-0.15, -0.1) is 0 Å². The van der Waals surface area contributed by atoms with Crippen LogP contribution in [0.25, 0.3) is 0 Å². The molecular weight excluding hydrogens is 182 g/mol. The molecule has 15 heavy (non-hydrogen) atoms. The van der Waals surface area contributed by atoms with Crippen molar-refractivity contribution < 1.29 is 0 Å². The lowest BCUT2D eigenvalue weighted by molar-refractivity contribution is 0.240. The molecule has 1 aromatic rings. The van der Waals surface area contributed by atoms with Crippen LogP contribution in [0.3, 0.4) is 0 Å². The normalized spacial score (nSPS) is 28.7. The van der Waals surface area contributed by atoms with Crippen LogP contribution < -0.4 is 5.32 Å². The summed E-state index contributed by atoms with van der Waals surface area (Å²) in [4.78, 5) is 0. The summed E-state index contributed by atoms with van der Waals surface area (Å²) in [5.74, 6) is 2.34. The van der Waals surface area contributed by atoms with Gasteiger partial charge in [-0.05, 0) is 42.8 Å². The molecule has 0 radical (unpaired) electrons. The molecule has 0 amide bonds. The fourth-order valence-corrected chi connectivity index (χ4v) is 2.78. The van der Waals surface area contributed by atoms with Crippen molar-refractivity contribution in [3.8, 4) is 0 Å². The number of hydrogen-bond acceptors (Lipinski definition) is 1. The lowest BCUT2D eigenvalue weighted by Gasteiger charge is -2.34. The maximum Gasteiger partial charge on any atom is -0.00203 e. The van der Waals surface area contributed by atoms with Crippen LogP contribution in [0, 0.1) is 11.8 Å². The van der Waals surface area contributed by atoms with Crippen molar-refractivity contribution in [1.82, 2.24) is 5.32 Å². The SMILES string of the molecule is CC1CNCCC1C(C)c1ccccc1. The van der Waals surface area contributed by atoms with Gasteiger partial charge in [-0.3, -0.25) is 0 Å². The lowest BCUT2D eigenvalue weighted by atomic mass is 9.76. The molecule has 1 aromatic carbocycles. The third-order valence-electron chi connectivity index (χ3n) is 3.82. The Morgan fingerprint density at radius 1 is 1.27 bits per heavy atom. The summed E-state index contributed by atoms with van der Waals surface area (Å²) in [6.45, 7) is 7.12. The number of hydrogen-bond donors (Lipinski definition) is 1. The van der Waals surface area contributed by atoms with E-state index in [0.29, 0.717) is 5.92 Å². The standard InChI is InChI=1S/C14H21N/c1-11-10-15-9-8-14(11)12(2)13-6-4-3-5-7-13/h3-7,11-12,14-15H,8-10H2,1-2H3. The topological polar surface area (TPSA) is 12.0 Å². The minimum absolute atomic E-state index is 0.697. The highest BCUT2D eigenvalue weighted by Crippen LogP contribution is 2.33. The van der Waals surface area contributed by atoms with Crippen LogP contribution in [0.2, 0.25) is 0 Å². The van der Waals surface area contributed by atoms with E-state index in [0.717, 1.165) is 11.8 Å². The van der Waals surface area contributed by atoms with Gasteiger partial charge in [-0.2, -0.15) is 0 Å². The second-order valence-corrected chi connectivity index (χ2v) is 4.83. The second-order valence-electron chi connectivity index (χ2n) is 4.83. The van der Waals surface area contributed by atoms with E-state index in [1.54, 1.807) is 0 Å². The highest BCUT2D eigenvalue weighted by Gasteiger charge is 2.26. The van der Waals surface area contributed by atoms with Crippen molar-refractivity contribution in [1.29, 1.82) is 0 Å². The van der Waals surface area contributed by atoms with Crippen LogP contribution in [-0.2, 0) is 0 Å². The molecule has 1 heteroatoms. The van der Waals surface area contributed by atoms with E-state index in [1.807, 2.05) is 0 Å². The maximum absolute atomic E-state index is 3.47. The van der Waals surface area contributed by atoms with Crippen molar-refractivity contribution in [3.05, 3.63) is 35.9 Å². The van der Waals surface area contributed by atoms with Gasteiger partial charge < -0.3 is 5.32 Å². The van der Waals surface area contributed by atoms with E-state index < -0.39 is 0 Å². The van der Waals surface area contributed by atoms with Crippen molar-refractivity contribution in [2.45, 2.75) is 26.2 Å². The first-order valence-electron chi connectivity index (χ1n) is 6.04. The zero-order valence-electron chi connectivity index (χ0n) is 9.74. The van der Waals surface area contributed by atoms with Gasteiger partial charge in [0.1, 0.15) is 0 Å². The molecule has 82 valence electrons. The van der Waals surface area contributed by atoms with Crippen LogP contribution in [0.4, 0.5) is 0 Å². The Kier molecular flexibility index (Phi) is 3.42. The molecule has 1 N–H and O–H groups in total. The fourth-order valence-electron chi connectivity index (χ4n) is 2.78. The summed E-state index contributed by atoms with van der Waals surface area (Å²) < 4.78 is 0. The minimum atomic E-state index is 0.697. The van der Waals surface area contributed by atoms with Gasteiger partial charge in [-0.25, -0.2) is 0 Å². The first kappa shape index (κ1) is 10.7. The van der Waals surface area contributed by atoms with E-state index in [2.05, 4.69) is 49.5 Å². The molecule has 1 heterocycles. The van der Waals surface area contributed by atoms with Crippen LogP contribution in [0.5, 0.6) is 0 Å². The highest BCUT2D eigenvalue weighted by molar-refractivity contribution is 5.20. The van der Waals surface area contributed by atoms with E-state index in [9.17, 15) is 0 Å². The monoisotopic (exact) mass is 203 g/mol. The molecule has 1 aliphatic rings. The molecule has 1 aliphatic heterocycles. The first-order chi connectivity index (χ1) is 7.29. The van der Waals surface area contributed by atoms with Gasteiger partial charge in [0.15, 0.2) is 0 Å². The third-order valence-corrected chi connectivity index (χ3v) is 3.82. The van der Waals surface area contributed by atoms with Gasteiger partial charge >= 0.3 is 0 Å². The molecule has 0 saturated carbocycles. The molecule has 1 nitrogen and oxygen atoms in total. The van der Waals surface area contributed by atoms with Gasteiger partial charge in [0, 0.05) is 0 Å². The Hall–Kier alpha value is -0.820. The molecular formula is C14H21N. The molecule has 1 saturated heterocycles. The molecule has 1 fully saturated rings. The van der Waals surface area contributed by atoms with E-state index in [4.69, 9.17) is 0 Å². The van der Waals surface area contributed by atoms with Crippen LogP contribution in [0.1, 0.15) is 31.7 Å². The van der Waals surface area contributed by atoms with Crippen molar-refractivity contribution in [3.63, 3.8) is 0 Å². The quantitative estimate of drug-likeness (QED) is 0.779. The van der Waals surface area contributed by atoms with Gasteiger partial charge in [0.25, 0.3) is 0 Å². The average molecular weight is 203 g/mol. The predicted molar refractivity (Wildman–Crippen MR) is 65.0 cm³/mol. The third kappa shape index (κ3) is 2.40. The lowest BCUT2D eigenvalue weighted by Crippen LogP contribution is -2.37. The first-order valence-corrected chi connectivity index (χ1v) is 6.04. The minimum Gasteiger partial charge on any atom is -0.316 e. The Balaban J connectivity index is 2.09. The summed E-state index contributed by atoms with van der Waals surface area (Å²) in [6, 6.07) is 10.9. The maximum atomic E-state index is 3.47. The summed E-state index contributed by atoms with van der Waals surface area (Å²) in [5, 5.41) is 3.47. The van der Waals surface area contributed by atoms with Crippen LogP contribution in [0.15, 0.2) is 30.3 Å². The molecule has 3 unspecified atom stereocenters. The van der Waals surface area contributed by atoms with Crippen molar-refractivity contribution in [2.24, 2.45) is 11.8 Å². The molecule has 0 bridgehead atoms. The number of rotatable bonds is 2. The zero-order chi connectivity index (χ0) is 10.7. The molecule has 0 spiro atoms. The second kappa shape index (κ2) is 4.80. The summed E-state index contributed by atoms with van der Waals surface area (Å²) in [6.07, 6.45) is 1.32. The summed E-state index contributed by atoms with van der Waals surface area (Å²) in [7, 11) is 0. The smallest absolute Gasteiger partial charge is 0.00203 e. The zero-order valence-corrected chi connectivity index (χ0v) is 9.74. The highest BCUT2D eigenvalue weighted by atomic mass is 14.9. The van der Waals surface area contributed by atoms with Gasteiger partial charge in [-0.1, -0.05) is 44.2 Å². The van der Waals surface area contributed by atoms with Crippen molar-refractivity contribution >= 4 is 0 Å². The fraction of sp³-hybridized carbons (Fsp3) is 0.571. The molecule has 0 aromatic heterocycles. The summed E-state index contributed by atoms with van der Waals surface area (Å²) in [5.41, 5.74) is 1.50.